The molecule has 0 aromatic heterocycles. The zero-order valence-electron chi connectivity index (χ0n) is 28.0. The zero-order valence-corrected chi connectivity index (χ0v) is 28.0. The lowest BCUT2D eigenvalue weighted by molar-refractivity contribution is -0.140. The molecule has 2 unspecified atom stereocenters. The number of methoxy groups -OCH3 is 1. The highest BCUT2D eigenvalue weighted by Gasteiger charge is 2.36. The second-order valence-electron chi connectivity index (χ2n) is 12.8. The van der Waals surface area contributed by atoms with Crippen molar-refractivity contribution in [1.29, 1.82) is 0 Å². The molecule has 2 aromatic rings. The largest absolute Gasteiger partial charge is 0.495 e. The van der Waals surface area contributed by atoms with Crippen LogP contribution in [0.2, 0.25) is 0 Å². The van der Waals surface area contributed by atoms with Crippen molar-refractivity contribution >= 4 is 23.4 Å². The minimum Gasteiger partial charge on any atom is -0.495 e. The van der Waals surface area contributed by atoms with Crippen molar-refractivity contribution in [1.82, 2.24) is 15.1 Å². The molecule has 0 aliphatic carbocycles. The number of hydrogen-bond acceptors (Lipinski definition) is 5. The summed E-state index contributed by atoms with van der Waals surface area (Å²) in [6.45, 7) is 14.8. The number of hydrogen-bond donors (Lipinski definition) is 2. The van der Waals surface area contributed by atoms with Gasteiger partial charge in [0.15, 0.2) is 0 Å². The topological polar surface area (TPSA) is 91.0 Å². The molecule has 0 bridgehead atoms. The lowest BCUT2D eigenvalue weighted by Gasteiger charge is -2.39. The van der Waals surface area contributed by atoms with Crippen molar-refractivity contribution in [2.75, 3.05) is 26.0 Å². The molecule has 3 amide bonds. The minimum absolute atomic E-state index is 0.0286. The van der Waals surface area contributed by atoms with Gasteiger partial charge in [-0.1, -0.05) is 76.6 Å². The van der Waals surface area contributed by atoms with Gasteiger partial charge in [-0.15, -0.1) is 0 Å². The van der Waals surface area contributed by atoms with Crippen molar-refractivity contribution in [3.8, 4) is 16.9 Å². The fourth-order valence-corrected chi connectivity index (χ4v) is 5.90. The third-order valence-corrected chi connectivity index (χ3v) is 8.55. The van der Waals surface area contributed by atoms with Gasteiger partial charge in [0.1, 0.15) is 11.8 Å². The van der Waals surface area contributed by atoms with Crippen molar-refractivity contribution in [3.63, 3.8) is 0 Å². The third kappa shape index (κ3) is 8.72. The van der Waals surface area contributed by atoms with Crippen LogP contribution in [-0.4, -0.2) is 72.4 Å². The molecule has 8 nitrogen and oxygen atoms in total. The normalized spacial score (nSPS) is 17.4. The first-order valence-electron chi connectivity index (χ1n) is 15.9. The number of ether oxygens (including phenoxy) is 1. The molecule has 2 aromatic carbocycles. The maximum Gasteiger partial charge on any atom is 0.251 e. The molecule has 3 atom stereocenters. The number of benzene rings is 2. The van der Waals surface area contributed by atoms with Crippen molar-refractivity contribution in [2.24, 2.45) is 11.8 Å². The van der Waals surface area contributed by atoms with E-state index >= 15 is 0 Å². The predicted octanol–water partition coefficient (Wildman–Crippen LogP) is 6.13. The number of likely N-dealkylation sites (tertiary alicyclic amines) is 1. The maximum absolute atomic E-state index is 13.9. The quantitative estimate of drug-likeness (QED) is 0.284. The molecule has 1 heterocycles. The van der Waals surface area contributed by atoms with E-state index < -0.39 is 6.04 Å². The third-order valence-electron chi connectivity index (χ3n) is 8.55. The highest BCUT2D eigenvalue weighted by atomic mass is 16.5. The van der Waals surface area contributed by atoms with E-state index in [1.807, 2.05) is 82.3 Å². The van der Waals surface area contributed by atoms with Crippen LogP contribution < -0.4 is 15.4 Å². The molecule has 240 valence electrons. The predicted molar refractivity (Wildman–Crippen MR) is 178 cm³/mol. The summed E-state index contributed by atoms with van der Waals surface area (Å²) in [5.74, 6) is -0.0438. The fraction of sp³-hybridized carbons (Fsp3) is 0.528. The van der Waals surface area contributed by atoms with Crippen LogP contribution in [0.25, 0.3) is 11.1 Å². The van der Waals surface area contributed by atoms with Gasteiger partial charge in [0.05, 0.1) is 24.9 Å². The van der Waals surface area contributed by atoms with Gasteiger partial charge < -0.3 is 20.3 Å². The maximum atomic E-state index is 13.9. The second kappa shape index (κ2) is 15.9. The van der Waals surface area contributed by atoms with Gasteiger partial charge in [0, 0.05) is 18.7 Å². The lowest BCUT2D eigenvalue weighted by atomic mass is 9.95. The first-order chi connectivity index (χ1) is 20.8. The van der Waals surface area contributed by atoms with Crippen LogP contribution >= 0.6 is 0 Å². The molecule has 8 heteroatoms. The number of anilines is 1. The molecule has 1 aliphatic rings. The number of likely N-dealkylation sites (N-methyl/N-ethyl adjacent to an activating group) is 1. The molecule has 3 rings (SSSR count). The minimum atomic E-state index is -0.669. The van der Waals surface area contributed by atoms with Crippen LogP contribution in [0.5, 0.6) is 5.75 Å². The van der Waals surface area contributed by atoms with E-state index in [0.717, 1.165) is 36.9 Å². The Labute approximate surface area is 264 Å². The van der Waals surface area contributed by atoms with Crippen LogP contribution in [0.1, 0.15) is 67.7 Å². The molecular weight excluding hydrogens is 552 g/mol. The van der Waals surface area contributed by atoms with Gasteiger partial charge in [-0.05, 0) is 75.3 Å². The molecular formula is C36H52N4O4. The molecule has 44 heavy (non-hydrogen) atoms. The number of nitrogens with zero attached hydrogens (tertiary/aromatic N) is 2. The van der Waals surface area contributed by atoms with E-state index in [9.17, 15) is 14.4 Å². The molecule has 0 radical (unpaired) electrons. The summed E-state index contributed by atoms with van der Waals surface area (Å²) in [6.07, 6.45) is 4.72. The van der Waals surface area contributed by atoms with Gasteiger partial charge in [-0.3, -0.25) is 19.3 Å². The van der Waals surface area contributed by atoms with Crippen molar-refractivity contribution in [2.45, 2.75) is 91.9 Å². The smallest absolute Gasteiger partial charge is 0.251 e. The van der Waals surface area contributed by atoms with Crippen LogP contribution in [0.3, 0.4) is 0 Å². The highest BCUT2D eigenvalue weighted by Crippen LogP contribution is 2.31. The summed E-state index contributed by atoms with van der Waals surface area (Å²) in [7, 11) is 3.33. The van der Waals surface area contributed by atoms with Gasteiger partial charge in [0.2, 0.25) is 11.8 Å². The van der Waals surface area contributed by atoms with Crippen LogP contribution in [-0.2, 0) is 14.4 Å². The van der Waals surface area contributed by atoms with E-state index in [-0.39, 0.29) is 47.7 Å². The van der Waals surface area contributed by atoms with Gasteiger partial charge >= 0.3 is 0 Å². The van der Waals surface area contributed by atoms with Gasteiger partial charge in [-0.2, -0.15) is 0 Å². The first-order valence-corrected chi connectivity index (χ1v) is 15.9. The Balaban J connectivity index is 1.79. The Morgan fingerprint density at radius 1 is 0.955 bits per heavy atom. The van der Waals surface area contributed by atoms with Gasteiger partial charge in [-0.25, -0.2) is 0 Å². The second-order valence-corrected chi connectivity index (χ2v) is 12.8. The first kappa shape index (κ1) is 34.8. The fourth-order valence-electron chi connectivity index (χ4n) is 5.90. The van der Waals surface area contributed by atoms with Crippen LogP contribution in [0.4, 0.5) is 5.69 Å². The summed E-state index contributed by atoms with van der Waals surface area (Å²) in [4.78, 5) is 44.7. The molecule has 2 N–H and O–H groups in total. The standard InChI is InChI=1S/C36H52N4O4/c1-23(2)31(39(8)36(43)33(24(3)4)38-35(42)30-17-13-14-20-40(30)25(5)6)21-26(7)34(41)37-29-22-28(18-19-32(29)44-9)27-15-11-10-12-16-27/h10-12,15-16,18-19,21-25,30-31,33H,13-14,17,20H2,1-9H3,(H,37,41)(H,38,42)/b26-21+/t30?,31-,33?/m1/s1. The average Bonchev–Trinajstić information content (AvgIpc) is 3.01. The molecule has 1 aliphatic heterocycles. The summed E-state index contributed by atoms with van der Waals surface area (Å²) >= 11 is 0. The summed E-state index contributed by atoms with van der Waals surface area (Å²) in [5, 5.41) is 6.10. The molecule has 0 saturated carbocycles. The Morgan fingerprint density at radius 2 is 1.64 bits per heavy atom. The molecule has 1 saturated heterocycles. The number of rotatable bonds is 12. The Hall–Kier alpha value is -3.65. The number of nitrogens with one attached hydrogen (secondary N) is 2. The molecule has 0 spiro atoms. The number of piperidine rings is 1. The zero-order chi connectivity index (χ0) is 32.6. The Kier molecular flexibility index (Phi) is 12.6. The van der Waals surface area contributed by atoms with E-state index in [4.69, 9.17) is 4.74 Å². The molecule has 1 fully saturated rings. The van der Waals surface area contributed by atoms with Crippen LogP contribution in [0.15, 0.2) is 60.2 Å². The van der Waals surface area contributed by atoms with Crippen molar-refractivity contribution < 1.29 is 19.1 Å². The number of amides is 3. The van der Waals surface area contributed by atoms with E-state index in [1.165, 1.54) is 0 Å². The summed E-state index contributed by atoms with van der Waals surface area (Å²) in [5.41, 5.74) is 3.04. The van der Waals surface area contributed by atoms with E-state index in [1.54, 1.807) is 26.0 Å². The SMILES string of the molecule is COc1ccc(-c2ccccc2)cc1NC(=O)/C(C)=C/[C@H](C(C)C)N(C)C(=O)C(NC(=O)C1CCCCN1C(C)C)C(C)C. The number of carbonyl (C=O) groups is 3. The summed E-state index contributed by atoms with van der Waals surface area (Å²) < 4.78 is 5.53. The van der Waals surface area contributed by atoms with Crippen molar-refractivity contribution in [3.05, 3.63) is 60.2 Å². The van der Waals surface area contributed by atoms with Gasteiger partial charge in [0.25, 0.3) is 5.91 Å². The summed E-state index contributed by atoms with van der Waals surface area (Å²) in [6, 6.07) is 14.6. The van der Waals surface area contributed by atoms with Crippen LogP contribution in [0, 0.1) is 11.8 Å². The van der Waals surface area contributed by atoms with E-state index in [0.29, 0.717) is 17.0 Å². The highest BCUT2D eigenvalue weighted by molar-refractivity contribution is 6.04. The Bertz CT molecular complexity index is 1300. The monoisotopic (exact) mass is 604 g/mol. The number of carbonyl (C=O) groups excluding carboxylic acids is 3. The lowest BCUT2D eigenvalue weighted by Crippen LogP contribution is -2.58. The van der Waals surface area contributed by atoms with E-state index in [2.05, 4.69) is 29.4 Å². The average molecular weight is 605 g/mol. The Morgan fingerprint density at radius 3 is 2.23 bits per heavy atom.